The summed E-state index contributed by atoms with van der Waals surface area (Å²) in [5.41, 5.74) is 1.71. The summed E-state index contributed by atoms with van der Waals surface area (Å²) in [7, 11) is 0. The third-order valence-corrected chi connectivity index (χ3v) is 4.14. The fourth-order valence-electron chi connectivity index (χ4n) is 3.04. The molecule has 7 nitrogen and oxygen atoms in total. The van der Waals surface area contributed by atoms with Crippen molar-refractivity contribution in [1.82, 2.24) is 0 Å². The Morgan fingerprint density at radius 1 is 1.43 bits per heavy atom. The summed E-state index contributed by atoms with van der Waals surface area (Å²) >= 11 is 0. The van der Waals surface area contributed by atoms with Crippen LogP contribution in [0.5, 0.6) is 0 Å². The Balaban J connectivity index is 1.78. The maximum Gasteiger partial charge on any atom is 0.292 e. The molecule has 2 atom stereocenters. The molecule has 1 saturated carbocycles. The van der Waals surface area contributed by atoms with E-state index in [1.165, 1.54) is 6.07 Å². The molecule has 112 valence electrons. The zero-order valence-electron chi connectivity index (χ0n) is 11.5. The van der Waals surface area contributed by atoms with Crippen LogP contribution in [0.1, 0.15) is 24.8 Å². The summed E-state index contributed by atoms with van der Waals surface area (Å²) in [6.45, 7) is 0.588. The van der Waals surface area contributed by atoms with Gasteiger partial charge in [-0.1, -0.05) is 0 Å². The topological polar surface area (TPSA) is 104 Å². The van der Waals surface area contributed by atoms with Crippen LogP contribution >= 0.6 is 0 Å². The summed E-state index contributed by atoms with van der Waals surface area (Å²) in [5.74, 6) is 0.179. The van der Waals surface area contributed by atoms with Gasteiger partial charge in [0.25, 0.3) is 5.69 Å². The van der Waals surface area contributed by atoms with Crippen molar-refractivity contribution >= 4 is 23.0 Å². The molecule has 1 amide bonds. The number of nitrogens with one attached hydrogen (secondary N) is 2. The first-order chi connectivity index (χ1) is 10.0. The van der Waals surface area contributed by atoms with Gasteiger partial charge in [0.15, 0.2) is 0 Å². The highest BCUT2D eigenvalue weighted by Crippen LogP contribution is 2.35. The number of nitro groups is 1. The predicted octanol–water partition coefficient (Wildman–Crippen LogP) is 1.66. The smallest absolute Gasteiger partial charge is 0.292 e. The number of hydrogen-bond acceptors (Lipinski definition) is 5. The van der Waals surface area contributed by atoms with Gasteiger partial charge in [-0.25, -0.2) is 0 Å². The molecule has 1 aliphatic heterocycles. The lowest BCUT2D eigenvalue weighted by Gasteiger charge is -2.13. The molecule has 1 heterocycles. The molecular weight excluding hydrogens is 274 g/mol. The average Bonchev–Trinajstić information content (AvgIpc) is 2.99. The molecule has 3 rings (SSSR count). The minimum atomic E-state index is -0.436. The summed E-state index contributed by atoms with van der Waals surface area (Å²) < 4.78 is 0. The number of nitrogens with zero attached hydrogens (tertiary/aromatic N) is 1. The second kappa shape index (κ2) is 5.33. The Morgan fingerprint density at radius 3 is 2.90 bits per heavy atom. The number of hydrogen-bond donors (Lipinski definition) is 3. The van der Waals surface area contributed by atoms with Gasteiger partial charge in [-0.3, -0.25) is 14.9 Å². The van der Waals surface area contributed by atoms with Gasteiger partial charge >= 0.3 is 0 Å². The van der Waals surface area contributed by atoms with Gasteiger partial charge < -0.3 is 15.7 Å². The van der Waals surface area contributed by atoms with Crippen LogP contribution in [0.3, 0.4) is 0 Å². The highest BCUT2D eigenvalue weighted by molar-refractivity contribution is 6.00. The largest absolute Gasteiger partial charge is 0.393 e. The number of benzene rings is 1. The molecule has 0 radical (unpaired) electrons. The molecule has 1 aliphatic carbocycles. The van der Waals surface area contributed by atoms with E-state index in [1.807, 2.05) is 0 Å². The number of aliphatic hydroxyl groups is 1. The van der Waals surface area contributed by atoms with E-state index in [-0.39, 0.29) is 24.1 Å². The third kappa shape index (κ3) is 2.82. The number of fused-ring (bicyclic) bond motifs is 1. The maximum absolute atomic E-state index is 11.4. The Morgan fingerprint density at radius 2 is 2.24 bits per heavy atom. The van der Waals surface area contributed by atoms with Crippen LogP contribution in [0.15, 0.2) is 12.1 Å². The minimum Gasteiger partial charge on any atom is -0.393 e. The molecule has 0 spiro atoms. The molecule has 2 aliphatic rings. The Kier molecular flexibility index (Phi) is 3.50. The first-order valence-electron chi connectivity index (χ1n) is 7.06. The Hall–Kier alpha value is -2.15. The van der Waals surface area contributed by atoms with Gasteiger partial charge in [0, 0.05) is 18.3 Å². The van der Waals surface area contributed by atoms with Crippen LogP contribution in [-0.2, 0) is 11.2 Å². The highest BCUT2D eigenvalue weighted by atomic mass is 16.6. The average molecular weight is 291 g/mol. The van der Waals surface area contributed by atoms with Crippen LogP contribution in [0.25, 0.3) is 0 Å². The molecule has 7 heteroatoms. The minimum absolute atomic E-state index is 0.0104. The fourth-order valence-corrected chi connectivity index (χ4v) is 3.04. The lowest BCUT2D eigenvalue weighted by molar-refractivity contribution is -0.384. The molecule has 0 saturated heterocycles. The van der Waals surface area contributed by atoms with Crippen molar-refractivity contribution in [3.8, 4) is 0 Å². The standard InChI is InChI=1S/C14H17N3O4/c18-10-2-1-8(3-10)7-15-12-6-11-9(5-14(19)16-11)4-13(12)17(20)21/h4,6,8,10,15,18H,1-3,5,7H2,(H,16,19). The summed E-state index contributed by atoms with van der Waals surface area (Å²) in [5, 5.41) is 26.5. The van der Waals surface area contributed by atoms with Gasteiger partial charge in [0.2, 0.25) is 5.91 Å². The van der Waals surface area contributed by atoms with E-state index >= 15 is 0 Å². The van der Waals surface area contributed by atoms with E-state index in [0.717, 1.165) is 19.3 Å². The second-order valence-electron chi connectivity index (χ2n) is 5.72. The molecule has 2 unspecified atom stereocenters. The van der Waals surface area contributed by atoms with Gasteiger partial charge in [-0.2, -0.15) is 0 Å². The number of aliphatic hydroxyl groups excluding tert-OH is 1. The van der Waals surface area contributed by atoms with Crippen molar-refractivity contribution in [1.29, 1.82) is 0 Å². The molecule has 21 heavy (non-hydrogen) atoms. The molecule has 1 aromatic carbocycles. The van der Waals surface area contributed by atoms with E-state index in [0.29, 0.717) is 29.4 Å². The van der Waals surface area contributed by atoms with Crippen molar-refractivity contribution in [3.05, 3.63) is 27.8 Å². The van der Waals surface area contributed by atoms with Gasteiger partial charge in [0.05, 0.1) is 17.4 Å². The van der Waals surface area contributed by atoms with Crippen LogP contribution in [0.2, 0.25) is 0 Å². The molecular formula is C14H17N3O4. The lowest BCUT2D eigenvalue weighted by atomic mass is 10.1. The number of amides is 1. The molecule has 0 bridgehead atoms. The lowest BCUT2D eigenvalue weighted by Crippen LogP contribution is -2.13. The van der Waals surface area contributed by atoms with Crippen LogP contribution < -0.4 is 10.6 Å². The zero-order chi connectivity index (χ0) is 15.0. The predicted molar refractivity (Wildman–Crippen MR) is 77.3 cm³/mol. The second-order valence-corrected chi connectivity index (χ2v) is 5.72. The van der Waals surface area contributed by atoms with E-state index < -0.39 is 4.92 Å². The Labute approximate surface area is 121 Å². The quantitative estimate of drug-likeness (QED) is 0.578. The van der Waals surface area contributed by atoms with Crippen LogP contribution in [0.4, 0.5) is 17.1 Å². The number of carbonyl (C=O) groups is 1. The summed E-state index contributed by atoms with van der Waals surface area (Å²) in [6.07, 6.45) is 2.36. The SMILES string of the molecule is O=C1Cc2cc([N+](=O)[O-])c(NCC3CCC(O)C3)cc2N1. The maximum atomic E-state index is 11.4. The molecule has 1 aromatic rings. The van der Waals surface area contributed by atoms with Crippen LogP contribution in [-0.4, -0.2) is 28.6 Å². The van der Waals surface area contributed by atoms with Crippen molar-refractivity contribution in [3.63, 3.8) is 0 Å². The molecule has 1 fully saturated rings. The number of carbonyl (C=O) groups excluding carboxylic acids is 1. The van der Waals surface area contributed by atoms with Gasteiger partial charge in [0.1, 0.15) is 5.69 Å². The van der Waals surface area contributed by atoms with Crippen molar-refractivity contribution < 1.29 is 14.8 Å². The third-order valence-electron chi connectivity index (χ3n) is 4.14. The molecule has 3 N–H and O–H groups in total. The summed E-state index contributed by atoms with van der Waals surface area (Å²) in [4.78, 5) is 22.1. The van der Waals surface area contributed by atoms with E-state index in [1.54, 1.807) is 6.07 Å². The van der Waals surface area contributed by atoms with Gasteiger partial charge in [-0.15, -0.1) is 0 Å². The zero-order valence-corrected chi connectivity index (χ0v) is 11.5. The van der Waals surface area contributed by atoms with Crippen molar-refractivity contribution in [2.24, 2.45) is 5.92 Å². The molecule has 0 aromatic heterocycles. The van der Waals surface area contributed by atoms with Crippen molar-refractivity contribution in [2.45, 2.75) is 31.8 Å². The van der Waals surface area contributed by atoms with E-state index in [9.17, 15) is 20.0 Å². The first kappa shape index (κ1) is 13.8. The van der Waals surface area contributed by atoms with E-state index in [2.05, 4.69) is 10.6 Å². The monoisotopic (exact) mass is 291 g/mol. The van der Waals surface area contributed by atoms with Crippen LogP contribution in [0, 0.1) is 16.0 Å². The van der Waals surface area contributed by atoms with E-state index in [4.69, 9.17) is 0 Å². The summed E-state index contributed by atoms with van der Waals surface area (Å²) in [6, 6.07) is 3.09. The Bertz CT molecular complexity index is 602. The normalized spacial score (nSPS) is 23.8. The highest BCUT2D eigenvalue weighted by Gasteiger charge is 2.26. The number of rotatable bonds is 4. The number of anilines is 2. The van der Waals surface area contributed by atoms with Gasteiger partial charge in [-0.05, 0) is 36.8 Å². The first-order valence-corrected chi connectivity index (χ1v) is 7.06. The fraction of sp³-hybridized carbons (Fsp3) is 0.500. The number of nitro benzene ring substituents is 1. The van der Waals surface area contributed by atoms with Crippen molar-refractivity contribution in [2.75, 3.05) is 17.2 Å².